The quantitative estimate of drug-likeness (QED) is 0.875. The van der Waals surface area contributed by atoms with E-state index in [1.54, 1.807) is 18.2 Å². The lowest BCUT2D eigenvalue weighted by molar-refractivity contribution is -0.122. The van der Waals surface area contributed by atoms with Gasteiger partial charge in [0.05, 0.1) is 13.0 Å². The summed E-state index contributed by atoms with van der Waals surface area (Å²) in [5.41, 5.74) is 0. The van der Waals surface area contributed by atoms with Crippen LogP contribution < -0.4 is 15.4 Å². The fourth-order valence-electron chi connectivity index (χ4n) is 2.32. The Morgan fingerprint density at radius 2 is 2.24 bits per heavy atom. The molecule has 4 nitrogen and oxygen atoms in total. The number of hydrogen-bond acceptors (Lipinski definition) is 3. The van der Waals surface area contributed by atoms with Crippen LogP contribution in [-0.4, -0.2) is 31.6 Å². The van der Waals surface area contributed by atoms with Gasteiger partial charge in [-0.2, -0.15) is 0 Å². The van der Waals surface area contributed by atoms with Crippen molar-refractivity contribution in [3.8, 4) is 5.75 Å². The monoisotopic (exact) mass is 316 g/mol. The summed E-state index contributed by atoms with van der Waals surface area (Å²) in [5.74, 6) is 0.177. The average Bonchev–Trinajstić information content (AvgIpc) is 2.43. The number of carbonyl (C=O) groups is 1. The van der Waals surface area contributed by atoms with Crippen LogP contribution >= 0.6 is 12.4 Å². The summed E-state index contributed by atoms with van der Waals surface area (Å²) >= 11 is 0. The highest BCUT2D eigenvalue weighted by atomic mass is 35.5. The Balaban J connectivity index is 0.00000220. The van der Waals surface area contributed by atoms with Gasteiger partial charge in [-0.15, -0.1) is 12.4 Å². The maximum atomic E-state index is 13.3. The third kappa shape index (κ3) is 5.52. The lowest BCUT2D eigenvalue weighted by Gasteiger charge is -2.30. The van der Waals surface area contributed by atoms with Gasteiger partial charge in [0.1, 0.15) is 0 Å². The van der Waals surface area contributed by atoms with Gasteiger partial charge < -0.3 is 15.4 Å². The lowest BCUT2D eigenvalue weighted by Crippen LogP contribution is -2.48. The predicted octanol–water partition coefficient (Wildman–Crippen LogP) is 2.13. The van der Waals surface area contributed by atoms with Gasteiger partial charge in [-0.3, -0.25) is 4.79 Å². The van der Waals surface area contributed by atoms with Crippen LogP contribution in [0.4, 0.5) is 4.39 Å². The van der Waals surface area contributed by atoms with Gasteiger partial charge in [0.25, 0.3) is 0 Å². The first kappa shape index (κ1) is 17.7. The summed E-state index contributed by atoms with van der Waals surface area (Å²) in [6, 6.07) is 6.42. The number of halogens is 2. The summed E-state index contributed by atoms with van der Waals surface area (Å²) in [6.45, 7) is 4.16. The number of nitrogens with one attached hydrogen (secondary N) is 2. The fraction of sp³-hybridized carbons (Fsp3) is 0.533. The second-order valence-corrected chi connectivity index (χ2v) is 5.17. The van der Waals surface area contributed by atoms with Crippen molar-refractivity contribution in [1.82, 2.24) is 10.6 Å². The summed E-state index contributed by atoms with van der Waals surface area (Å²) in [4.78, 5) is 11.8. The van der Waals surface area contributed by atoms with Gasteiger partial charge in [-0.25, -0.2) is 4.39 Å². The van der Waals surface area contributed by atoms with Gasteiger partial charge in [0.2, 0.25) is 5.91 Å². The topological polar surface area (TPSA) is 50.4 Å². The summed E-state index contributed by atoms with van der Waals surface area (Å²) in [5, 5.41) is 6.31. The van der Waals surface area contributed by atoms with Crippen LogP contribution in [0.5, 0.6) is 5.75 Å². The number of rotatable bonds is 5. The average molecular weight is 317 g/mol. The first-order chi connectivity index (χ1) is 9.66. The number of benzene rings is 1. The third-order valence-electron chi connectivity index (χ3n) is 3.56. The molecule has 0 saturated carbocycles. The van der Waals surface area contributed by atoms with Crippen LogP contribution in [0.3, 0.4) is 0 Å². The largest absolute Gasteiger partial charge is 0.490 e. The molecule has 1 saturated heterocycles. The molecule has 21 heavy (non-hydrogen) atoms. The number of hydrogen-bond donors (Lipinski definition) is 2. The first-order valence-corrected chi connectivity index (χ1v) is 7.04. The van der Waals surface area contributed by atoms with Gasteiger partial charge in [0.15, 0.2) is 11.6 Å². The van der Waals surface area contributed by atoms with E-state index in [-0.39, 0.29) is 43.1 Å². The Morgan fingerprint density at radius 3 is 2.95 bits per heavy atom. The van der Waals surface area contributed by atoms with E-state index in [4.69, 9.17) is 4.74 Å². The molecule has 2 N–H and O–H groups in total. The minimum absolute atomic E-state index is 0. The Kier molecular flexibility index (Phi) is 7.47. The minimum Gasteiger partial charge on any atom is -0.490 e. The number of para-hydroxylation sites is 1. The molecule has 0 spiro atoms. The number of piperidine rings is 1. The van der Waals surface area contributed by atoms with Crippen LogP contribution in [0.2, 0.25) is 0 Å². The van der Waals surface area contributed by atoms with Gasteiger partial charge in [0, 0.05) is 6.04 Å². The second-order valence-electron chi connectivity index (χ2n) is 5.17. The summed E-state index contributed by atoms with van der Waals surface area (Å²) in [6.07, 6.45) is 1.19. The van der Waals surface area contributed by atoms with Gasteiger partial charge in [-0.1, -0.05) is 19.1 Å². The Morgan fingerprint density at radius 1 is 1.48 bits per heavy atom. The molecule has 2 rings (SSSR count). The SMILES string of the molecule is CC1CNCCC1NC(=O)CCOc1ccccc1F.Cl. The van der Waals surface area contributed by atoms with Crippen molar-refractivity contribution in [2.75, 3.05) is 19.7 Å². The van der Waals surface area contributed by atoms with Crippen molar-refractivity contribution in [2.45, 2.75) is 25.8 Å². The van der Waals surface area contributed by atoms with Crippen LogP contribution in [0.15, 0.2) is 24.3 Å². The third-order valence-corrected chi connectivity index (χ3v) is 3.56. The van der Waals surface area contributed by atoms with Gasteiger partial charge >= 0.3 is 0 Å². The lowest BCUT2D eigenvalue weighted by atomic mass is 9.95. The summed E-state index contributed by atoms with van der Waals surface area (Å²) in [7, 11) is 0. The summed E-state index contributed by atoms with van der Waals surface area (Å²) < 4.78 is 18.6. The number of amides is 1. The van der Waals surface area contributed by atoms with E-state index in [1.165, 1.54) is 6.07 Å². The molecule has 0 aromatic heterocycles. The van der Waals surface area contributed by atoms with E-state index in [0.717, 1.165) is 19.5 Å². The smallest absolute Gasteiger partial charge is 0.223 e. The van der Waals surface area contributed by atoms with Crippen LogP contribution in [0.25, 0.3) is 0 Å². The Labute approximate surface area is 130 Å². The first-order valence-electron chi connectivity index (χ1n) is 7.04. The van der Waals surface area contributed by atoms with Crippen molar-refractivity contribution in [3.63, 3.8) is 0 Å². The normalized spacial score (nSPS) is 21.2. The molecule has 0 bridgehead atoms. The van der Waals surface area contributed by atoms with Crippen molar-refractivity contribution in [2.24, 2.45) is 5.92 Å². The number of ether oxygens (including phenoxy) is 1. The highest BCUT2D eigenvalue weighted by Crippen LogP contribution is 2.15. The molecule has 0 radical (unpaired) electrons. The molecule has 1 heterocycles. The van der Waals surface area contributed by atoms with E-state index >= 15 is 0 Å². The fourth-order valence-corrected chi connectivity index (χ4v) is 2.32. The van der Waals surface area contributed by atoms with Crippen LogP contribution in [-0.2, 0) is 4.79 Å². The van der Waals surface area contributed by atoms with Crippen molar-refractivity contribution in [3.05, 3.63) is 30.1 Å². The van der Waals surface area contributed by atoms with Crippen LogP contribution in [0, 0.1) is 11.7 Å². The molecule has 118 valence electrons. The molecule has 1 amide bonds. The van der Waals surface area contributed by atoms with Crippen molar-refractivity contribution >= 4 is 18.3 Å². The molecule has 1 fully saturated rings. The molecule has 0 aliphatic carbocycles. The molecular formula is C15H22ClFN2O2. The maximum absolute atomic E-state index is 13.3. The van der Waals surface area contributed by atoms with E-state index in [1.807, 2.05) is 0 Å². The Hall–Kier alpha value is -1.33. The molecule has 6 heteroatoms. The zero-order valence-corrected chi connectivity index (χ0v) is 12.9. The molecule has 1 aromatic rings. The molecule has 1 aliphatic rings. The highest BCUT2D eigenvalue weighted by molar-refractivity contribution is 5.85. The van der Waals surface area contributed by atoms with E-state index < -0.39 is 5.82 Å². The van der Waals surface area contributed by atoms with Gasteiger partial charge in [-0.05, 0) is 37.6 Å². The zero-order chi connectivity index (χ0) is 14.4. The molecule has 2 unspecified atom stereocenters. The molecule has 1 aromatic carbocycles. The molecular weight excluding hydrogens is 295 g/mol. The van der Waals surface area contributed by atoms with Crippen molar-refractivity contribution in [1.29, 1.82) is 0 Å². The maximum Gasteiger partial charge on any atom is 0.223 e. The zero-order valence-electron chi connectivity index (χ0n) is 12.1. The Bertz CT molecular complexity index is 459. The van der Waals surface area contributed by atoms with E-state index in [9.17, 15) is 9.18 Å². The van der Waals surface area contributed by atoms with E-state index in [0.29, 0.717) is 5.92 Å². The predicted molar refractivity (Wildman–Crippen MR) is 82.3 cm³/mol. The molecule has 1 aliphatic heterocycles. The van der Waals surface area contributed by atoms with E-state index in [2.05, 4.69) is 17.6 Å². The standard InChI is InChI=1S/C15H21FN2O2.ClH/c1-11-10-17-8-6-13(11)18-15(19)7-9-20-14-5-3-2-4-12(14)16;/h2-5,11,13,17H,6-10H2,1H3,(H,18,19);1H. The van der Waals surface area contributed by atoms with Crippen molar-refractivity contribution < 1.29 is 13.9 Å². The second kappa shape index (κ2) is 8.85. The highest BCUT2D eigenvalue weighted by Gasteiger charge is 2.22. The minimum atomic E-state index is -0.403. The molecule has 2 atom stereocenters. The number of carbonyl (C=O) groups excluding carboxylic acids is 1. The van der Waals surface area contributed by atoms with Crippen LogP contribution in [0.1, 0.15) is 19.8 Å².